The summed E-state index contributed by atoms with van der Waals surface area (Å²) in [6.07, 6.45) is 2.22. The molecule has 4 rings (SSSR count). The molecule has 7 heteroatoms. The first-order chi connectivity index (χ1) is 12.4. The zero-order valence-corrected chi connectivity index (χ0v) is 15.6. The average molecular weight is 363 g/mol. The molecule has 26 heavy (non-hydrogen) atoms. The highest BCUT2D eigenvalue weighted by atomic mass is 16.5. The number of methoxy groups -OCH3 is 3. The summed E-state index contributed by atoms with van der Waals surface area (Å²) in [5.41, 5.74) is -2.46. The summed E-state index contributed by atoms with van der Waals surface area (Å²) in [5.74, 6) is 0.668. The van der Waals surface area contributed by atoms with Gasteiger partial charge in [0.05, 0.1) is 32.3 Å². The standard InChI is InChI=1S/C19H25NO6/c1-20-8-7-17-10-11(21)14(25-3)16(26-4)19(17,20)6-5-18(17)13(22)9-12(24-2)15(18)23/h9,15,23H,5-8,10H2,1-4H3/t15-,17?,18+,19-/m1/s1. The molecule has 1 saturated heterocycles. The van der Waals surface area contributed by atoms with Crippen LogP contribution in [0.5, 0.6) is 0 Å². The Kier molecular flexibility index (Phi) is 3.60. The maximum atomic E-state index is 13.2. The Balaban J connectivity index is 1.99. The van der Waals surface area contributed by atoms with E-state index < -0.39 is 22.5 Å². The Hall–Kier alpha value is -1.86. The lowest BCUT2D eigenvalue weighted by atomic mass is 9.52. The molecule has 1 unspecified atom stereocenters. The van der Waals surface area contributed by atoms with E-state index in [-0.39, 0.29) is 29.5 Å². The second-order valence-electron chi connectivity index (χ2n) is 7.77. The molecule has 0 aromatic rings. The van der Waals surface area contributed by atoms with E-state index in [0.717, 1.165) is 0 Å². The summed E-state index contributed by atoms with van der Waals surface area (Å²) in [6.45, 7) is 0.710. The van der Waals surface area contributed by atoms with Crippen LogP contribution in [-0.4, -0.2) is 68.1 Å². The second kappa shape index (κ2) is 5.33. The number of hydrogen-bond donors (Lipinski definition) is 1. The van der Waals surface area contributed by atoms with Crippen LogP contribution in [0.2, 0.25) is 0 Å². The van der Waals surface area contributed by atoms with Gasteiger partial charge in [-0.25, -0.2) is 0 Å². The predicted octanol–water partition coefficient (Wildman–Crippen LogP) is 0.778. The molecule has 0 aromatic heterocycles. The number of allylic oxidation sites excluding steroid dienone is 2. The highest BCUT2D eigenvalue weighted by molar-refractivity contribution is 6.03. The van der Waals surface area contributed by atoms with Gasteiger partial charge in [0, 0.05) is 17.9 Å². The van der Waals surface area contributed by atoms with Gasteiger partial charge >= 0.3 is 0 Å². The Morgan fingerprint density at radius 3 is 2.42 bits per heavy atom. The number of aliphatic hydroxyl groups excluding tert-OH is 1. The van der Waals surface area contributed by atoms with Crippen molar-refractivity contribution in [2.24, 2.45) is 10.8 Å². The second-order valence-corrected chi connectivity index (χ2v) is 7.77. The average Bonchev–Trinajstić information content (AvgIpc) is 3.18. The first-order valence-corrected chi connectivity index (χ1v) is 8.91. The number of rotatable bonds is 3. The van der Waals surface area contributed by atoms with Gasteiger partial charge in [-0.05, 0) is 32.9 Å². The number of likely N-dealkylation sites (tertiary alicyclic amines) is 1. The molecule has 4 atom stereocenters. The molecule has 0 bridgehead atoms. The van der Waals surface area contributed by atoms with Crippen LogP contribution in [0, 0.1) is 10.8 Å². The van der Waals surface area contributed by atoms with E-state index >= 15 is 0 Å². The lowest BCUT2D eigenvalue weighted by Gasteiger charge is -2.53. The summed E-state index contributed by atoms with van der Waals surface area (Å²) in [5, 5.41) is 11.1. The number of carbonyl (C=O) groups is 2. The van der Waals surface area contributed by atoms with Gasteiger partial charge in [0.25, 0.3) is 0 Å². The molecule has 0 amide bonds. The minimum Gasteiger partial charge on any atom is -0.498 e. The maximum Gasteiger partial charge on any atom is 0.201 e. The summed E-state index contributed by atoms with van der Waals surface area (Å²) >= 11 is 0. The van der Waals surface area contributed by atoms with Crippen LogP contribution < -0.4 is 0 Å². The van der Waals surface area contributed by atoms with Crippen molar-refractivity contribution in [3.05, 3.63) is 23.4 Å². The van der Waals surface area contributed by atoms with E-state index in [2.05, 4.69) is 4.90 Å². The van der Waals surface area contributed by atoms with Crippen molar-refractivity contribution in [1.82, 2.24) is 4.90 Å². The zero-order valence-electron chi connectivity index (χ0n) is 15.6. The van der Waals surface area contributed by atoms with E-state index in [9.17, 15) is 14.7 Å². The zero-order chi connectivity index (χ0) is 18.9. The van der Waals surface area contributed by atoms with Crippen LogP contribution in [0.1, 0.15) is 25.7 Å². The smallest absolute Gasteiger partial charge is 0.201 e. The van der Waals surface area contributed by atoms with Gasteiger partial charge < -0.3 is 19.3 Å². The third-order valence-electron chi connectivity index (χ3n) is 7.44. The largest absolute Gasteiger partial charge is 0.498 e. The molecule has 142 valence electrons. The summed E-state index contributed by atoms with van der Waals surface area (Å²) in [6, 6.07) is 0. The lowest BCUT2D eigenvalue weighted by Crippen LogP contribution is -2.62. The van der Waals surface area contributed by atoms with Crippen molar-refractivity contribution >= 4 is 11.6 Å². The third-order valence-corrected chi connectivity index (χ3v) is 7.44. The van der Waals surface area contributed by atoms with Gasteiger partial charge in [0.15, 0.2) is 11.5 Å². The lowest BCUT2D eigenvalue weighted by molar-refractivity contribution is -0.149. The number of aliphatic hydroxyl groups is 1. The first-order valence-electron chi connectivity index (χ1n) is 8.91. The number of hydrogen-bond acceptors (Lipinski definition) is 7. The molecule has 3 aliphatic carbocycles. The number of Topliss-reactive ketones (excluding diaryl/α,β-unsaturated/α-hetero) is 1. The van der Waals surface area contributed by atoms with Crippen LogP contribution in [0.3, 0.4) is 0 Å². The summed E-state index contributed by atoms with van der Waals surface area (Å²) in [4.78, 5) is 28.3. The maximum absolute atomic E-state index is 13.2. The molecule has 2 fully saturated rings. The van der Waals surface area contributed by atoms with Gasteiger partial charge in [-0.15, -0.1) is 0 Å². The normalized spacial score (nSPS) is 42.2. The molecule has 1 N–H and O–H groups in total. The van der Waals surface area contributed by atoms with Crippen molar-refractivity contribution < 1.29 is 28.9 Å². The van der Waals surface area contributed by atoms with Crippen molar-refractivity contribution in [1.29, 1.82) is 0 Å². The van der Waals surface area contributed by atoms with Gasteiger partial charge in [0.1, 0.15) is 11.9 Å². The van der Waals surface area contributed by atoms with Gasteiger partial charge in [-0.3, -0.25) is 14.5 Å². The van der Waals surface area contributed by atoms with Crippen molar-refractivity contribution in [2.45, 2.75) is 37.3 Å². The first kappa shape index (κ1) is 17.5. The fourth-order valence-electron chi connectivity index (χ4n) is 6.44. The fourth-order valence-corrected chi connectivity index (χ4v) is 6.44. The predicted molar refractivity (Wildman–Crippen MR) is 90.9 cm³/mol. The third kappa shape index (κ3) is 1.54. The van der Waals surface area contributed by atoms with Crippen molar-refractivity contribution in [3.63, 3.8) is 0 Å². The summed E-state index contributed by atoms with van der Waals surface area (Å²) in [7, 11) is 6.45. The molecule has 0 radical (unpaired) electrons. The molecule has 7 nitrogen and oxygen atoms in total. The van der Waals surface area contributed by atoms with Crippen LogP contribution >= 0.6 is 0 Å². The van der Waals surface area contributed by atoms with Crippen LogP contribution in [-0.2, 0) is 23.8 Å². The van der Waals surface area contributed by atoms with E-state index in [1.165, 1.54) is 27.4 Å². The fraction of sp³-hybridized carbons (Fsp3) is 0.684. The van der Waals surface area contributed by atoms with Crippen molar-refractivity contribution in [3.8, 4) is 0 Å². The molecule has 1 spiro atoms. The van der Waals surface area contributed by atoms with Crippen LogP contribution in [0.15, 0.2) is 23.4 Å². The Morgan fingerprint density at radius 1 is 1.12 bits per heavy atom. The van der Waals surface area contributed by atoms with Crippen LogP contribution in [0.4, 0.5) is 0 Å². The molecule has 1 heterocycles. The SMILES string of the molecule is COC1=CC(=O)[C@@]2(CC[C@@]34C(OC)=C(OC)C(=O)CC23CCN4C)[C@@H]1O. The molecule has 1 saturated carbocycles. The summed E-state index contributed by atoms with van der Waals surface area (Å²) < 4.78 is 16.4. The quantitative estimate of drug-likeness (QED) is 0.793. The molecule has 4 aliphatic rings. The number of ketones is 2. The molecular weight excluding hydrogens is 338 g/mol. The highest BCUT2D eigenvalue weighted by Crippen LogP contribution is 2.73. The van der Waals surface area contributed by atoms with Crippen molar-refractivity contribution in [2.75, 3.05) is 34.9 Å². The Morgan fingerprint density at radius 2 is 1.85 bits per heavy atom. The van der Waals surface area contributed by atoms with Crippen LogP contribution in [0.25, 0.3) is 0 Å². The number of nitrogens with zero attached hydrogens (tertiary/aromatic N) is 1. The van der Waals surface area contributed by atoms with E-state index in [0.29, 0.717) is 31.6 Å². The van der Waals surface area contributed by atoms with Gasteiger partial charge in [-0.1, -0.05) is 0 Å². The Bertz CT molecular complexity index is 757. The van der Waals surface area contributed by atoms with E-state index in [1.807, 2.05) is 7.05 Å². The molecule has 0 aromatic carbocycles. The number of carbonyl (C=O) groups excluding carboxylic acids is 2. The van der Waals surface area contributed by atoms with E-state index in [4.69, 9.17) is 14.2 Å². The number of ether oxygens (including phenoxy) is 3. The van der Waals surface area contributed by atoms with Gasteiger partial charge in [-0.2, -0.15) is 0 Å². The minimum absolute atomic E-state index is 0.150. The highest BCUT2D eigenvalue weighted by Gasteiger charge is 2.80. The van der Waals surface area contributed by atoms with E-state index in [1.54, 1.807) is 0 Å². The molecular formula is C19H25NO6. The molecule has 1 aliphatic heterocycles. The monoisotopic (exact) mass is 363 g/mol. The topological polar surface area (TPSA) is 85.3 Å². The Labute approximate surface area is 152 Å². The van der Waals surface area contributed by atoms with Gasteiger partial charge in [0.2, 0.25) is 11.5 Å². The minimum atomic E-state index is -1.07. The number of likely N-dealkylation sites (N-methyl/N-ethyl adjacent to an activating group) is 1.